The molecule has 0 spiro atoms. The van der Waals surface area contributed by atoms with Crippen molar-refractivity contribution >= 4 is 11.8 Å². The minimum Gasteiger partial charge on any atom is -0.481 e. The Kier molecular flexibility index (Phi) is 4.88. The van der Waals surface area contributed by atoms with Crippen LogP contribution >= 0.6 is 0 Å². The number of Topliss-reactive ketones (excluding diaryl/α,β-unsaturated/α-hetero) is 1. The molecule has 0 bridgehead atoms. The lowest BCUT2D eigenvalue weighted by Crippen LogP contribution is -2.01. The second-order valence-electron chi connectivity index (χ2n) is 4.32. The molecule has 0 atom stereocenters. The monoisotopic (exact) mass is 234 g/mol. The summed E-state index contributed by atoms with van der Waals surface area (Å²) in [4.78, 5) is 22.1. The van der Waals surface area contributed by atoms with Gasteiger partial charge in [-0.05, 0) is 43.9 Å². The number of carboxylic acids is 1. The van der Waals surface area contributed by atoms with Crippen LogP contribution in [0.1, 0.15) is 47.2 Å². The predicted octanol–water partition coefficient (Wildman–Crippen LogP) is 3.13. The average Bonchev–Trinajstić information content (AvgIpc) is 2.27. The minimum atomic E-state index is -0.802. The van der Waals surface area contributed by atoms with E-state index in [9.17, 15) is 9.59 Å². The lowest BCUT2D eigenvalue weighted by molar-refractivity contribution is -0.137. The molecule has 0 aliphatic heterocycles. The van der Waals surface area contributed by atoms with E-state index in [4.69, 9.17) is 5.11 Å². The molecule has 0 fully saturated rings. The fraction of sp³-hybridized carbons (Fsp3) is 0.429. The van der Waals surface area contributed by atoms with Gasteiger partial charge in [0.2, 0.25) is 0 Å². The first-order valence-corrected chi connectivity index (χ1v) is 5.83. The summed E-state index contributed by atoms with van der Waals surface area (Å²) in [6, 6.07) is 5.68. The lowest BCUT2D eigenvalue weighted by Gasteiger charge is -2.04. The zero-order valence-electron chi connectivity index (χ0n) is 10.3. The molecule has 0 aliphatic carbocycles. The fourth-order valence-corrected chi connectivity index (χ4v) is 1.62. The van der Waals surface area contributed by atoms with E-state index in [0.717, 1.165) is 11.1 Å². The topological polar surface area (TPSA) is 54.4 Å². The van der Waals surface area contributed by atoms with Gasteiger partial charge in [-0.1, -0.05) is 12.1 Å². The summed E-state index contributed by atoms with van der Waals surface area (Å²) in [5, 5.41) is 8.48. The van der Waals surface area contributed by atoms with E-state index in [2.05, 4.69) is 0 Å². The van der Waals surface area contributed by atoms with E-state index in [1.165, 1.54) is 5.56 Å². The van der Waals surface area contributed by atoms with Crippen molar-refractivity contribution in [3.63, 3.8) is 0 Å². The van der Waals surface area contributed by atoms with Crippen molar-refractivity contribution < 1.29 is 14.7 Å². The number of carbonyl (C=O) groups excluding carboxylic acids is 1. The summed E-state index contributed by atoms with van der Waals surface area (Å²) in [6.45, 7) is 3.99. The Balaban J connectivity index is 2.47. The van der Waals surface area contributed by atoms with Crippen molar-refractivity contribution in [3.8, 4) is 0 Å². The van der Waals surface area contributed by atoms with Crippen molar-refractivity contribution in [2.75, 3.05) is 0 Å². The highest BCUT2D eigenvalue weighted by atomic mass is 16.4. The Morgan fingerprint density at radius 2 is 1.71 bits per heavy atom. The second kappa shape index (κ2) is 6.18. The van der Waals surface area contributed by atoms with E-state index in [1.54, 1.807) is 0 Å². The Morgan fingerprint density at radius 3 is 2.29 bits per heavy atom. The molecule has 1 aromatic rings. The number of rotatable bonds is 6. The summed E-state index contributed by atoms with van der Waals surface area (Å²) < 4.78 is 0. The maximum absolute atomic E-state index is 11.8. The van der Waals surface area contributed by atoms with Crippen LogP contribution in [0.25, 0.3) is 0 Å². The summed E-state index contributed by atoms with van der Waals surface area (Å²) in [7, 11) is 0. The smallest absolute Gasteiger partial charge is 0.303 e. The van der Waals surface area contributed by atoms with Crippen LogP contribution in [-0.2, 0) is 4.79 Å². The van der Waals surface area contributed by atoms with Gasteiger partial charge in [0, 0.05) is 18.4 Å². The van der Waals surface area contributed by atoms with Crippen LogP contribution in [0.15, 0.2) is 18.2 Å². The fourth-order valence-electron chi connectivity index (χ4n) is 1.62. The Hall–Kier alpha value is -1.64. The molecule has 1 aromatic carbocycles. The molecule has 1 N–H and O–H groups in total. The number of hydrogen-bond acceptors (Lipinski definition) is 2. The van der Waals surface area contributed by atoms with Gasteiger partial charge in [-0.15, -0.1) is 0 Å². The number of hydrogen-bond donors (Lipinski definition) is 1. The molecule has 0 radical (unpaired) electrons. The molecule has 0 heterocycles. The Labute approximate surface area is 101 Å². The predicted molar refractivity (Wildman–Crippen MR) is 66.4 cm³/mol. The van der Waals surface area contributed by atoms with Crippen LogP contribution in [-0.4, -0.2) is 16.9 Å². The molecule has 0 saturated heterocycles. The number of unbranched alkanes of at least 4 members (excludes halogenated alkanes) is 1. The molecule has 0 unspecified atom stereocenters. The first kappa shape index (κ1) is 13.4. The molecule has 92 valence electrons. The molecule has 0 aliphatic rings. The highest BCUT2D eigenvalue weighted by Crippen LogP contribution is 2.13. The van der Waals surface area contributed by atoms with Gasteiger partial charge in [-0.2, -0.15) is 0 Å². The van der Waals surface area contributed by atoms with Gasteiger partial charge < -0.3 is 5.11 Å². The molecular formula is C14H18O3. The first-order valence-electron chi connectivity index (χ1n) is 5.83. The van der Waals surface area contributed by atoms with E-state index in [0.29, 0.717) is 19.3 Å². The van der Waals surface area contributed by atoms with Crippen LogP contribution in [0.4, 0.5) is 0 Å². The number of aliphatic carboxylic acids is 1. The first-order chi connectivity index (χ1) is 8.00. The molecule has 3 nitrogen and oxygen atoms in total. The lowest BCUT2D eigenvalue weighted by atomic mass is 10.0. The molecule has 1 rings (SSSR count). The molecule has 0 saturated carbocycles. The molecule has 17 heavy (non-hydrogen) atoms. The van der Waals surface area contributed by atoms with Crippen molar-refractivity contribution in [2.45, 2.75) is 39.5 Å². The van der Waals surface area contributed by atoms with Gasteiger partial charge >= 0.3 is 5.97 Å². The van der Waals surface area contributed by atoms with Crippen molar-refractivity contribution in [1.82, 2.24) is 0 Å². The van der Waals surface area contributed by atoms with Gasteiger partial charge in [-0.3, -0.25) is 9.59 Å². The molecule has 0 aromatic heterocycles. The average molecular weight is 234 g/mol. The van der Waals surface area contributed by atoms with Crippen LogP contribution in [0.3, 0.4) is 0 Å². The van der Waals surface area contributed by atoms with Gasteiger partial charge in [0.05, 0.1) is 0 Å². The van der Waals surface area contributed by atoms with Crippen molar-refractivity contribution in [2.24, 2.45) is 0 Å². The third-order valence-electron chi connectivity index (χ3n) is 2.87. The second-order valence-corrected chi connectivity index (χ2v) is 4.32. The number of benzene rings is 1. The maximum atomic E-state index is 11.8. The number of aryl methyl sites for hydroxylation is 2. The van der Waals surface area contributed by atoms with E-state index in [1.807, 2.05) is 32.0 Å². The number of carboxylic acid groups (broad SMARTS) is 1. The zero-order valence-corrected chi connectivity index (χ0v) is 10.3. The third kappa shape index (κ3) is 4.39. The van der Waals surface area contributed by atoms with Gasteiger partial charge in [0.15, 0.2) is 5.78 Å². The van der Waals surface area contributed by atoms with E-state index in [-0.39, 0.29) is 12.2 Å². The SMILES string of the molecule is Cc1ccc(C(=O)CCCCC(=O)O)cc1C. The number of ketones is 1. The normalized spacial score (nSPS) is 10.2. The van der Waals surface area contributed by atoms with E-state index >= 15 is 0 Å². The van der Waals surface area contributed by atoms with Crippen molar-refractivity contribution in [1.29, 1.82) is 0 Å². The molecule has 0 amide bonds. The van der Waals surface area contributed by atoms with Crippen molar-refractivity contribution in [3.05, 3.63) is 34.9 Å². The summed E-state index contributed by atoms with van der Waals surface area (Å²) in [5.41, 5.74) is 3.01. The number of carbonyl (C=O) groups is 2. The summed E-state index contributed by atoms with van der Waals surface area (Å²) >= 11 is 0. The van der Waals surface area contributed by atoms with Gasteiger partial charge in [-0.25, -0.2) is 0 Å². The quantitative estimate of drug-likeness (QED) is 0.607. The molecule has 3 heteroatoms. The van der Waals surface area contributed by atoms with Crippen LogP contribution in [0.5, 0.6) is 0 Å². The zero-order chi connectivity index (χ0) is 12.8. The van der Waals surface area contributed by atoms with Crippen LogP contribution in [0.2, 0.25) is 0 Å². The largest absolute Gasteiger partial charge is 0.481 e. The standard InChI is InChI=1S/C14H18O3/c1-10-7-8-12(9-11(10)2)13(15)5-3-4-6-14(16)17/h7-9H,3-6H2,1-2H3,(H,16,17). The van der Waals surface area contributed by atoms with Crippen LogP contribution in [0, 0.1) is 13.8 Å². The van der Waals surface area contributed by atoms with Gasteiger partial charge in [0.1, 0.15) is 0 Å². The Morgan fingerprint density at radius 1 is 1.06 bits per heavy atom. The van der Waals surface area contributed by atoms with E-state index < -0.39 is 5.97 Å². The van der Waals surface area contributed by atoms with Gasteiger partial charge in [0.25, 0.3) is 0 Å². The molecular weight excluding hydrogens is 216 g/mol. The minimum absolute atomic E-state index is 0.0958. The summed E-state index contributed by atoms with van der Waals surface area (Å²) in [6.07, 6.45) is 1.76. The summed E-state index contributed by atoms with van der Waals surface area (Å²) in [5.74, 6) is -0.706. The maximum Gasteiger partial charge on any atom is 0.303 e. The van der Waals surface area contributed by atoms with Crippen LogP contribution < -0.4 is 0 Å². The highest BCUT2D eigenvalue weighted by Gasteiger charge is 2.07. The Bertz CT molecular complexity index is 421. The third-order valence-corrected chi connectivity index (χ3v) is 2.87. The highest BCUT2D eigenvalue weighted by molar-refractivity contribution is 5.96.